The molecule has 20 heavy (non-hydrogen) atoms. The summed E-state index contributed by atoms with van der Waals surface area (Å²) >= 11 is 0. The van der Waals surface area contributed by atoms with Gasteiger partial charge in [-0.05, 0) is 24.6 Å². The fourth-order valence-electron chi connectivity index (χ4n) is 1.72. The Morgan fingerprint density at radius 3 is 2.95 bits per heavy atom. The van der Waals surface area contributed by atoms with Crippen LogP contribution in [0.5, 0.6) is 0 Å². The summed E-state index contributed by atoms with van der Waals surface area (Å²) in [5.74, 6) is -0.0463. The second-order valence-electron chi connectivity index (χ2n) is 4.39. The van der Waals surface area contributed by atoms with Gasteiger partial charge in [0.1, 0.15) is 0 Å². The van der Waals surface area contributed by atoms with E-state index in [2.05, 4.69) is 20.6 Å². The van der Waals surface area contributed by atoms with Crippen LogP contribution in [0.15, 0.2) is 42.9 Å². The van der Waals surface area contributed by atoms with Crippen LogP contribution in [0.25, 0.3) is 0 Å². The molecule has 0 bridgehead atoms. The van der Waals surface area contributed by atoms with Crippen molar-refractivity contribution < 1.29 is 4.79 Å². The lowest BCUT2D eigenvalue weighted by molar-refractivity contribution is 0.0953. The number of hydrogen-bond acceptors (Lipinski definition) is 4. The van der Waals surface area contributed by atoms with Gasteiger partial charge in [0.15, 0.2) is 0 Å². The Kier molecular flexibility index (Phi) is 5.06. The average Bonchev–Trinajstić information content (AvgIpc) is 2.52. The van der Waals surface area contributed by atoms with Crippen molar-refractivity contribution in [3.05, 3.63) is 54.1 Å². The zero-order valence-corrected chi connectivity index (χ0v) is 11.5. The van der Waals surface area contributed by atoms with E-state index in [4.69, 9.17) is 0 Å². The number of carbonyl (C=O) groups is 1. The van der Waals surface area contributed by atoms with Crippen LogP contribution < -0.4 is 10.6 Å². The van der Waals surface area contributed by atoms with Crippen molar-refractivity contribution in [2.45, 2.75) is 19.9 Å². The highest BCUT2D eigenvalue weighted by atomic mass is 16.1. The molecule has 0 fully saturated rings. The molecule has 0 aliphatic carbocycles. The van der Waals surface area contributed by atoms with Crippen LogP contribution >= 0.6 is 0 Å². The average molecular weight is 270 g/mol. The molecule has 1 aromatic carbocycles. The first kappa shape index (κ1) is 14.0. The van der Waals surface area contributed by atoms with Gasteiger partial charge in [0.05, 0.1) is 18.4 Å². The van der Waals surface area contributed by atoms with Crippen LogP contribution in [0.4, 0.5) is 5.69 Å². The number of nitrogens with zero attached hydrogens (tertiary/aromatic N) is 2. The van der Waals surface area contributed by atoms with E-state index >= 15 is 0 Å². The molecule has 2 aromatic rings. The van der Waals surface area contributed by atoms with E-state index in [9.17, 15) is 4.79 Å². The molecule has 0 spiro atoms. The minimum absolute atomic E-state index is 0.0463. The highest BCUT2D eigenvalue weighted by Gasteiger charge is 2.05. The van der Waals surface area contributed by atoms with Crippen molar-refractivity contribution >= 4 is 11.6 Å². The Morgan fingerprint density at radius 2 is 2.20 bits per heavy atom. The van der Waals surface area contributed by atoms with Crippen molar-refractivity contribution in [1.82, 2.24) is 15.3 Å². The zero-order valence-electron chi connectivity index (χ0n) is 11.5. The van der Waals surface area contributed by atoms with E-state index in [1.807, 2.05) is 25.1 Å². The number of aromatic nitrogens is 2. The fraction of sp³-hybridized carbons (Fsp3) is 0.267. The molecule has 0 aliphatic heterocycles. The molecule has 0 radical (unpaired) electrons. The van der Waals surface area contributed by atoms with E-state index in [0.29, 0.717) is 18.7 Å². The van der Waals surface area contributed by atoms with Crippen LogP contribution in [0.3, 0.4) is 0 Å². The molecule has 1 amide bonds. The maximum atomic E-state index is 11.9. The first-order valence-corrected chi connectivity index (χ1v) is 6.66. The molecule has 5 nitrogen and oxygen atoms in total. The van der Waals surface area contributed by atoms with Crippen molar-refractivity contribution in [3.8, 4) is 0 Å². The lowest BCUT2D eigenvalue weighted by Gasteiger charge is -2.08. The number of anilines is 1. The van der Waals surface area contributed by atoms with Crippen molar-refractivity contribution in [2.24, 2.45) is 0 Å². The minimum Gasteiger partial charge on any atom is -0.379 e. The summed E-state index contributed by atoms with van der Waals surface area (Å²) in [6, 6.07) is 7.42. The molecule has 0 saturated heterocycles. The largest absolute Gasteiger partial charge is 0.379 e. The molecule has 0 unspecified atom stereocenters. The maximum Gasteiger partial charge on any atom is 0.251 e. The van der Waals surface area contributed by atoms with Gasteiger partial charge in [-0.3, -0.25) is 14.8 Å². The molecule has 104 valence electrons. The maximum absolute atomic E-state index is 11.9. The van der Waals surface area contributed by atoms with Gasteiger partial charge in [-0.25, -0.2) is 0 Å². The lowest BCUT2D eigenvalue weighted by Crippen LogP contribution is -2.23. The highest BCUT2D eigenvalue weighted by molar-refractivity contribution is 5.95. The minimum atomic E-state index is -0.0463. The number of benzene rings is 1. The molecule has 0 saturated carbocycles. The normalized spacial score (nSPS) is 10.1. The van der Waals surface area contributed by atoms with Gasteiger partial charge in [0.25, 0.3) is 5.91 Å². The summed E-state index contributed by atoms with van der Waals surface area (Å²) in [6.07, 6.45) is 5.94. The predicted octanol–water partition coefficient (Wildman–Crippen LogP) is 2.23. The molecule has 0 atom stereocenters. The quantitative estimate of drug-likeness (QED) is 0.844. The molecule has 1 heterocycles. The van der Waals surface area contributed by atoms with Crippen LogP contribution in [-0.2, 0) is 6.54 Å². The number of rotatable bonds is 6. The van der Waals surface area contributed by atoms with Gasteiger partial charge in [-0.15, -0.1) is 0 Å². The summed E-state index contributed by atoms with van der Waals surface area (Å²) < 4.78 is 0. The molecular formula is C15H18N4O. The number of hydrogen-bond donors (Lipinski definition) is 2. The van der Waals surface area contributed by atoms with Crippen molar-refractivity contribution in [1.29, 1.82) is 0 Å². The Bertz CT molecular complexity index is 557. The van der Waals surface area contributed by atoms with Gasteiger partial charge < -0.3 is 10.6 Å². The number of nitrogens with one attached hydrogen (secondary N) is 2. The first-order valence-electron chi connectivity index (χ1n) is 6.66. The fourth-order valence-corrected chi connectivity index (χ4v) is 1.72. The third kappa shape index (κ3) is 4.05. The summed E-state index contributed by atoms with van der Waals surface area (Å²) in [5.41, 5.74) is 2.40. The predicted molar refractivity (Wildman–Crippen MR) is 78.4 cm³/mol. The molecular weight excluding hydrogens is 252 g/mol. The Labute approximate surface area is 118 Å². The standard InChI is InChI=1S/C15H18N4O/c1-2-6-18-15(20)12-4-3-5-13(9-12)19-11-14-10-16-7-8-17-14/h3-5,7-10,19H,2,6,11H2,1H3,(H,18,20). The second-order valence-corrected chi connectivity index (χ2v) is 4.39. The number of carbonyl (C=O) groups excluding carboxylic acids is 1. The first-order chi connectivity index (χ1) is 9.79. The van der Waals surface area contributed by atoms with Crippen LogP contribution in [0.1, 0.15) is 29.4 Å². The molecule has 2 rings (SSSR count). The zero-order chi connectivity index (χ0) is 14.2. The lowest BCUT2D eigenvalue weighted by atomic mass is 10.2. The Morgan fingerprint density at radius 1 is 1.30 bits per heavy atom. The van der Waals surface area contributed by atoms with Gasteiger partial charge in [-0.1, -0.05) is 13.0 Å². The van der Waals surface area contributed by atoms with E-state index in [1.54, 1.807) is 24.7 Å². The van der Waals surface area contributed by atoms with Crippen LogP contribution in [0, 0.1) is 0 Å². The molecule has 2 N–H and O–H groups in total. The van der Waals surface area contributed by atoms with Gasteiger partial charge in [0, 0.05) is 30.2 Å². The Balaban J connectivity index is 1.97. The summed E-state index contributed by atoms with van der Waals surface area (Å²) in [5, 5.41) is 6.09. The number of amides is 1. The topological polar surface area (TPSA) is 66.9 Å². The monoisotopic (exact) mass is 270 g/mol. The third-order valence-corrected chi connectivity index (χ3v) is 2.75. The van der Waals surface area contributed by atoms with E-state index < -0.39 is 0 Å². The molecule has 0 aliphatic rings. The van der Waals surface area contributed by atoms with E-state index in [0.717, 1.165) is 17.8 Å². The van der Waals surface area contributed by atoms with Gasteiger partial charge in [0.2, 0.25) is 0 Å². The smallest absolute Gasteiger partial charge is 0.251 e. The molecule has 1 aromatic heterocycles. The van der Waals surface area contributed by atoms with Crippen LogP contribution in [0.2, 0.25) is 0 Å². The van der Waals surface area contributed by atoms with E-state index in [-0.39, 0.29) is 5.91 Å². The van der Waals surface area contributed by atoms with Crippen LogP contribution in [-0.4, -0.2) is 22.4 Å². The molecule has 5 heteroatoms. The second kappa shape index (κ2) is 7.23. The summed E-state index contributed by atoms with van der Waals surface area (Å²) in [6.45, 7) is 3.29. The third-order valence-electron chi connectivity index (χ3n) is 2.75. The highest BCUT2D eigenvalue weighted by Crippen LogP contribution is 2.11. The summed E-state index contributed by atoms with van der Waals surface area (Å²) in [7, 11) is 0. The van der Waals surface area contributed by atoms with Crippen molar-refractivity contribution in [2.75, 3.05) is 11.9 Å². The van der Waals surface area contributed by atoms with Crippen molar-refractivity contribution in [3.63, 3.8) is 0 Å². The van der Waals surface area contributed by atoms with Gasteiger partial charge in [-0.2, -0.15) is 0 Å². The van der Waals surface area contributed by atoms with E-state index in [1.165, 1.54) is 0 Å². The Hall–Kier alpha value is -2.43. The van der Waals surface area contributed by atoms with Gasteiger partial charge >= 0.3 is 0 Å². The summed E-state index contributed by atoms with van der Waals surface area (Å²) in [4.78, 5) is 20.1. The SMILES string of the molecule is CCCNC(=O)c1cccc(NCc2cnccn2)c1.